The van der Waals surface area contributed by atoms with E-state index in [9.17, 15) is 0 Å². The number of hydrogen-bond donors (Lipinski definition) is 0. The van der Waals surface area contributed by atoms with Crippen LogP contribution in [0.1, 0.15) is 12.7 Å². The van der Waals surface area contributed by atoms with Gasteiger partial charge in [-0.3, -0.25) is 4.57 Å². The molecular weight excluding hydrogens is 200 g/mol. The van der Waals surface area contributed by atoms with Crippen molar-refractivity contribution in [1.29, 1.82) is 0 Å². The van der Waals surface area contributed by atoms with Crippen molar-refractivity contribution in [3.63, 3.8) is 0 Å². The predicted octanol–water partition coefficient (Wildman–Crippen LogP) is 1.88. The first-order valence-electron chi connectivity index (χ1n) is 4.32. The summed E-state index contributed by atoms with van der Waals surface area (Å²) in [5, 5.41) is 0.389. The second kappa shape index (κ2) is 3.75. The maximum atomic E-state index is 5.92. The lowest BCUT2D eigenvalue weighted by Crippen LogP contribution is -2.02. The molecule has 0 saturated carbocycles. The van der Waals surface area contributed by atoms with Crippen LogP contribution in [0.3, 0.4) is 0 Å². The molecule has 0 fully saturated rings. The summed E-state index contributed by atoms with van der Waals surface area (Å²) in [7, 11) is 0. The largest absolute Gasteiger partial charge is 0.285 e. The smallest absolute Gasteiger partial charge is 0.176 e. The first-order valence-corrected chi connectivity index (χ1v) is 4.70. The van der Waals surface area contributed by atoms with Crippen molar-refractivity contribution in [2.24, 2.45) is 0 Å². The Labute approximate surface area is 86.6 Å². The van der Waals surface area contributed by atoms with Gasteiger partial charge in [0.1, 0.15) is 5.82 Å². The third kappa shape index (κ3) is 1.48. The van der Waals surface area contributed by atoms with E-state index in [0.29, 0.717) is 11.0 Å². The Morgan fingerprint density at radius 2 is 2.00 bits per heavy atom. The van der Waals surface area contributed by atoms with Crippen LogP contribution in [0.25, 0.3) is 5.82 Å². The molecule has 0 aliphatic carbocycles. The topological polar surface area (TPSA) is 43.6 Å². The Bertz CT molecular complexity index is 438. The van der Waals surface area contributed by atoms with Crippen LogP contribution in [0.5, 0.6) is 0 Å². The van der Waals surface area contributed by atoms with Gasteiger partial charge in [0.05, 0.1) is 0 Å². The average molecular weight is 209 g/mol. The highest BCUT2D eigenvalue weighted by atomic mass is 35.5. The van der Waals surface area contributed by atoms with Gasteiger partial charge in [-0.25, -0.2) is 15.0 Å². The van der Waals surface area contributed by atoms with E-state index < -0.39 is 0 Å². The monoisotopic (exact) mass is 208 g/mol. The SMILES string of the molecule is CCc1nccn1-c1nccnc1Cl. The summed E-state index contributed by atoms with van der Waals surface area (Å²) in [6, 6.07) is 0. The molecule has 2 heterocycles. The summed E-state index contributed by atoms with van der Waals surface area (Å²) >= 11 is 5.92. The van der Waals surface area contributed by atoms with Gasteiger partial charge in [-0.1, -0.05) is 18.5 Å². The van der Waals surface area contributed by atoms with Crippen molar-refractivity contribution in [3.8, 4) is 5.82 Å². The van der Waals surface area contributed by atoms with E-state index in [1.165, 1.54) is 0 Å². The van der Waals surface area contributed by atoms with Crippen molar-refractivity contribution in [3.05, 3.63) is 35.8 Å². The number of nitrogens with zero attached hydrogens (tertiary/aromatic N) is 4. The van der Waals surface area contributed by atoms with E-state index in [-0.39, 0.29) is 0 Å². The van der Waals surface area contributed by atoms with Gasteiger partial charge in [0.15, 0.2) is 11.0 Å². The Balaban J connectivity index is 2.54. The van der Waals surface area contributed by atoms with Gasteiger partial charge in [0.25, 0.3) is 0 Å². The van der Waals surface area contributed by atoms with Crippen LogP contribution in [0.15, 0.2) is 24.8 Å². The van der Waals surface area contributed by atoms with E-state index in [4.69, 9.17) is 11.6 Å². The highest BCUT2D eigenvalue weighted by Gasteiger charge is 2.07. The molecule has 0 radical (unpaired) electrons. The molecule has 0 unspecified atom stereocenters. The summed E-state index contributed by atoms with van der Waals surface area (Å²) < 4.78 is 1.84. The molecule has 2 aromatic heterocycles. The maximum absolute atomic E-state index is 5.92. The number of imidazole rings is 1. The van der Waals surface area contributed by atoms with E-state index in [0.717, 1.165) is 12.2 Å². The summed E-state index contributed by atoms with van der Waals surface area (Å²) in [6.45, 7) is 2.03. The molecule has 2 rings (SSSR count). The van der Waals surface area contributed by atoms with Crippen molar-refractivity contribution < 1.29 is 0 Å². The molecule has 0 saturated heterocycles. The first kappa shape index (κ1) is 9.15. The molecular formula is C9H9ClN4. The van der Waals surface area contributed by atoms with Crippen LogP contribution >= 0.6 is 11.6 Å². The van der Waals surface area contributed by atoms with Crippen LogP contribution < -0.4 is 0 Å². The predicted molar refractivity (Wildman–Crippen MR) is 53.5 cm³/mol. The maximum Gasteiger partial charge on any atom is 0.176 e. The number of rotatable bonds is 2. The zero-order valence-corrected chi connectivity index (χ0v) is 8.44. The van der Waals surface area contributed by atoms with Gasteiger partial charge in [-0.05, 0) is 0 Å². The molecule has 2 aromatic rings. The third-order valence-corrected chi connectivity index (χ3v) is 2.16. The molecule has 14 heavy (non-hydrogen) atoms. The minimum Gasteiger partial charge on any atom is -0.285 e. The summed E-state index contributed by atoms with van der Waals surface area (Å²) in [5.41, 5.74) is 0. The second-order valence-corrected chi connectivity index (χ2v) is 3.10. The molecule has 5 heteroatoms. The van der Waals surface area contributed by atoms with Crippen LogP contribution in [0.4, 0.5) is 0 Å². The number of halogens is 1. The molecule has 72 valence electrons. The van der Waals surface area contributed by atoms with E-state index >= 15 is 0 Å². The van der Waals surface area contributed by atoms with Crippen molar-refractivity contribution in [1.82, 2.24) is 19.5 Å². The Kier molecular flexibility index (Phi) is 2.45. The minimum absolute atomic E-state index is 0.389. The molecule has 4 nitrogen and oxygen atoms in total. The van der Waals surface area contributed by atoms with E-state index in [1.54, 1.807) is 18.6 Å². The van der Waals surface area contributed by atoms with Gasteiger partial charge in [0, 0.05) is 31.2 Å². The van der Waals surface area contributed by atoms with Gasteiger partial charge in [-0.15, -0.1) is 0 Å². The Morgan fingerprint density at radius 1 is 1.21 bits per heavy atom. The van der Waals surface area contributed by atoms with Crippen LogP contribution in [-0.2, 0) is 6.42 Å². The number of aromatic nitrogens is 4. The van der Waals surface area contributed by atoms with Crippen molar-refractivity contribution >= 4 is 11.6 Å². The lowest BCUT2D eigenvalue weighted by atomic mass is 10.4. The fourth-order valence-corrected chi connectivity index (χ4v) is 1.46. The molecule has 0 amide bonds. The molecule has 0 spiro atoms. The minimum atomic E-state index is 0.389. The van der Waals surface area contributed by atoms with Crippen molar-refractivity contribution in [2.75, 3.05) is 0 Å². The third-order valence-electron chi connectivity index (χ3n) is 1.90. The van der Waals surface area contributed by atoms with E-state index in [2.05, 4.69) is 15.0 Å². The Hall–Kier alpha value is -1.42. The summed E-state index contributed by atoms with van der Waals surface area (Å²) in [6.07, 6.45) is 7.56. The highest BCUT2D eigenvalue weighted by molar-refractivity contribution is 6.30. The lowest BCUT2D eigenvalue weighted by Gasteiger charge is -2.05. The molecule has 0 bridgehead atoms. The normalized spacial score (nSPS) is 10.4. The Morgan fingerprint density at radius 3 is 2.71 bits per heavy atom. The van der Waals surface area contributed by atoms with Gasteiger partial charge < -0.3 is 0 Å². The number of hydrogen-bond acceptors (Lipinski definition) is 3. The fraction of sp³-hybridized carbons (Fsp3) is 0.222. The summed E-state index contributed by atoms with van der Waals surface area (Å²) in [4.78, 5) is 12.3. The average Bonchev–Trinajstić information content (AvgIpc) is 2.66. The standard InChI is InChI=1S/C9H9ClN4/c1-2-7-11-5-6-14(7)9-8(10)12-3-4-13-9/h3-6H,2H2,1H3. The zero-order valence-electron chi connectivity index (χ0n) is 7.68. The zero-order chi connectivity index (χ0) is 9.97. The molecule has 0 aliphatic heterocycles. The van der Waals surface area contributed by atoms with Gasteiger partial charge >= 0.3 is 0 Å². The highest BCUT2D eigenvalue weighted by Crippen LogP contribution is 2.15. The molecule has 0 atom stereocenters. The number of aryl methyl sites for hydroxylation is 1. The van der Waals surface area contributed by atoms with Crippen molar-refractivity contribution in [2.45, 2.75) is 13.3 Å². The van der Waals surface area contributed by atoms with E-state index in [1.807, 2.05) is 17.7 Å². The van der Waals surface area contributed by atoms with Gasteiger partial charge in [-0.2, -0.15) is 0 Å². The van der Waals surface area contributed by atoms with Crippen LogP contribution in [-0.4, -0.2) is 19.5 Å². The molecule has 0 aromatic carbocycles. The summed E-state index contributed by atoms with van der Waals surface area (Å²) in [5.74, 6) is 1.55. The molecule has 0 aliphatic rings. The quantitative estimate of drug-likeness (QED) is 0.757. The second-order valence-electron chi connectivity index (χ2n) is 2.74. The fourth-order valence-electron chi connectivity index (χ4n) is 1.26. The molecule has 0 N–H and O–H groups in total. The van der Waals surface area contributed by atoms with Gasteiger partial charge in [0.2, 0.25) is 0 Å². The first-order chi connectivity index (χ1) is 6.83. The van der Waals surface area contributed by atoms with Crippen LogP contribution in [0, 0.1) is 0 Å². The lowest BCUT2D eigenvalue weighted by molar-refractivity contribution is 0.860. The van der Waals surface area contributed by atoms with Crippen LogP contribution in [0.2, 0.25) is 5.15 Å².